The van der Waals surface area contributed by atoms with Crippen LogP contribution in [0.4, 0.5) is 5.69 Å². The highest BCUT2D eigenvalue weighted by Gasteiger charge is 2.19. The Labute approximate surface area is 175 Å². The van der Waals surface area contributed by atoms with Crippen LogP contribution in [0.2, 0.25) is 0 Å². The molecule has 1 N–H and O–H groups in total. The number of rotatable bonds is 6. The number of carbonyl (C=O) groups is 1. The Morgan fingerprint density at radius 3 is 2.83 bits per heavy atom. The standard InChI is InChI=1S/C20H15N7O2S/c1-27-18(19-23-17(26-29-19)14-7-3-2-4-8-14)24-25-20(27)30-12-16(28)22-15-9-5-6-13(10-15)11-21/h2-10H,12H2,1H3,(H,22,28). The monoisotopic (exact) mass is 417 g/mol. The number of anilines is 1. The van der Waals surface area contributed by atoms with Crippen molar-refractivity contribution in [3.05, 3.63) is 60.2 Å². The normalized spacial score (nSPS) is 10.5. The summed E-state index contributed by atoms with van der Waals surface area (Å²) in [6, 6.07) is 18.2. The molecule has 1 amide bonds. The van der Waals surface area contributed by atoms with Gasteiger partial charge in [0.25, 0.3) is 5.89 Å². The van der Waals surface area contributed by atoms with E-state index >= 15 is 0 Å². The Balaban J connectivity index is 1.42. The van der Waals surface area contributed by atoms with Crippen LogP contribution in [-0.4, -0.2) is 36.6 Å². The number of nitriles is 1. The smallest absolute Gasteiger partial charge is 0.296 e. The first-order chi connectivity index (χ1) is 14.6. The quantitative estimate of drug-likeness (QED) is 0.475. The van der Waals surface area contributed by atoms with Crippen molar-refractivity contribution in [1.82, 2.24) is 24.9 Å². The van der Waals surface area contributed by atoms with Gasteiger partial charge in [0.15, 0.2) is 5.16 Å². The molecule has 4 aromatic rings. The van der Waals surface area contributed by atoms with Gasteiger partial charge in [0.2, 0.25) is 17.6 Å². The van der Waals surface area contributed by atoms with Crippen LogP contribution in [0.15, 0.2) is 64.3 Å². The van der Waals surface area contributed by atoms with Crippen molar-refractivity contribution in [3.8, 4) is 29.2 Å². The van der Waals surface area contributed by atoms with Gasteiger partial charge in [-0.2, -0.15) is 10.2 Å². The summed E-state index contributed by atoms with van der Waals surface area (Å²) in [5.41, 5.74) is 1.88. The highest BCUT2D eigenvalue weighted by atomic mass is 32.2. The van der Waals surface area contributed by atoms with Crippen LogP contribution in [0, 0.1) is 11.3 Å². The second kappa shape index (κ2) is 8.59. The number of carbonyl (C=O) groups excluding carboxylic acids is 1. The summed E-state index contributed by atoms with van der Waals surface area (Å²) in [5.74, 6) is 1.02. The molecular formula is C20H15N7O2S. The van der Waals surface area contributed by atoms with Crippen molar-refractivity contribution < 1.29 is 9.32 Å². The van der Waals surface area contributed by atoms with Crippen molar-refractivity contribution in [2.45, 2.75) is 5.16 Å². The van der Waals surface area contributed by atoms with Gasteiger partial charge in [-0.05, 0) is 18.2 Å². The lowest BCUT2D eigenvalue weighted by Crippen LogP contribution is -2.14. The van der Waals surface area contributed by atoms with Gasteiger partial charge in [0, 0.05) is 18.3 Å². The maximum atomic E-state index is 12.2. The number of nitrogens with one attached hydrogen (secondary N) is 1. The Hall–Kier alpha value is -3.97. The van der Waals surface area contributed by atoms with E-state index in [1.165, 1.54) is 11.8 Å². The van der Waals surface area contributed by atoms with Gasteiger partial charge in [-0.15, -0.1) is 10.2 Å². The topological polar surface area (TPSA) is 123 Å². The van der Waals surface area contributed by atoms with E-state index in [1.54, 1.807) is 35.9 Å². The fraction of sp³-hybridized carbons (Fsp3) is 0.100. The van der Waals surface area contributed by atoms with Crippen LogP contribution < -0.4 is 5.32 Å². The van der Waals surface area contributed by atoms with E-state index in [9.17, 15) is 4.79 Å². The van der Waals surface area contributed by atoms with Crippen molar-refractivity contribution in [2.24, 2.45) is 7.05 Å². The molecule has 0 atom stereocenters. The van der Waals surface area contributed by atoms with Crippen molar-refractivity contribution >= 4 is 23.4 Å². The van der Waals surface area contributed by atoms with Crippen molar-refractivity contribution in [3.63, 3.8) is 0 Å². The Morgan fingerprint density at radius 2 is 2.03 bits per heavy atom. The highest BCUT2D eigenvalue weighted by molar-refractivity contribution is 7.99. The van der Waals surface area contributed by atoms with Crippen LogP contribution in [0.5, 0.6) is 0 Å². The van der Waals surface area contributed by atoms with Crippen LogP contribution in [0.1, 0.15) is 5.56 Å². The average molecular weight is 417 g/mol. The van der Waals surface area contributed by atoms with Gasteiger partial charge in [0.1, 0.15) is 0 Å². The number of thioether (sulfide) groups is 1. The summed E-state index contributed by atoms with van der Waals surface area (Å²) in [4.78, 5) is 16.6. The molecule has 2 aromatic carbocycles. The number of hydrogen-bond donors (Lipinski definition) is 1. The van der Waals surface area contributed by atoms with Crippen LogP contribution >= 0.6 is 11.8 Å². The number of amides is 1. The first-order valence-corrected chi connectivity index (χ1v) is 9.84. The summed E-state index contributed by atoms with van der Waals surface area (Å²) in [6.45, 7) is 0. The summed E-state index contributed by atoms with van der Waals surface area (Å²) < 4.78 is 7.02. The Kier molecular flexibility index (Phi) is 5.54. The van der Waals surface area contributed by atoms with E-state index in [2.05, 4.69) is 25.7 Å². The highest BCUT2D eigenvalue weighted by Crippen LogP contribution is 2.24. The van der Waals surface area contributed by atoms with E-state index in [4.69, 9.17) is 9.78 Å². The molecule has 0 fully saturated rings. The molecule has 0 aliphatic carbocycles. The lowest BCUT2D eigenvalue weighted by atomic mass is 10.2. The average Bonchev–Trinajstić information content (AvgIpc) is 3.40. The molecule has 0 unspecified atom stereocenters. The number of aromatic nitrogens is 5. The summed E-state index contributed by atoms with van der Waals surface area (Å²) in [6.07, 6.45) is 0. The minimum atomic E-state index is -0.219. The summed E-state index contributed by atoms with van der Waals surface area (Å²) in [5, 5.41) is 24.4. The molecular weight excluding hydrogens is 402 g/mol. The maximum absolute atomic E-state index is 12.2. The van der Waals surface area contributed by atoms with E-state index in [0.717, 1.165) is 5.56 Å². The van der Waals surface area contributed by atoms with Gasteiger partial charge < -0.3 is 14.4 Å². The van der Waals surface area contributed by atoms with Crippen LogP contribution in [0.3, 0.4) is 0 Å². The molecule has 0 saturated carbocycles. The molecule has 0 aliphatic rings. The van der Waals surface area contributed by atoms with E-state index in [1.807, 2.05) is 36.4 Å². The number of hydrogen-bond acceptors (Lipinski definition) is 8. The van der Waals surface area contributed by atoms with Gasteiger partial charge in [-0.3, -0.25) is 4.79 Å². The fourth-order valence-corrected chi connectivity index (χ4v) is 3.35. The minimum Gasteiger partial charge on any atom is -0.330 e. The van der Waals surface area contributed by atoms with E-state index < -0.39 is 0 Å². The molecule has 0 spiro atoms. The Bertz CT molecular complexity index is 1230. The minimum absolute atomic E-state index is 0.127. The molecule has 4 rings (SSSR count). The summed E-state index contributed by atoms with van der Waals surface area (Å²) in [7, 11) is 1.76. The predicted octanol–water partition coefficient (Wildman–Crippen LogP) is 3.13. The molecule has 9 nitrogen and oxygen atoms in total. The van der Waals surface area contributed by atoms with Crippen LogP contribution in [-0.2, 0) is 11.8 Å². The van der Waals surface area contributed by atoms with Gasteiger partial charge in [-0.25, -0.2) is 0 Å². The predicted molar refractivity (Wildman–Crippen MR) is 110 cm³/mol. The zero-order valence-corrected chi connectivity index (χ0v) is 16.6. The molecule has 10 heteroatoms. The van der Waals surface area contributed by atoms with Gasteiger partial charge in [-0.1, -0.05) is 53.3 Å². The van der Waals surface area contributed by atoms with Crippen molar-refractivity contribution in [1.29, 1.82) is 5.26 Å². The zero-order valence-electron chi connectivity index (χ0n) is 15.8. The van der Waals surface area contributed by atoms with E-state index in [-0.39, 0.29) is 17.6 Å². The largest absolute Gasteiger partial charge is 0.330 e. The van der Waals surface area contributed by atoms with Gasteiger partial charge in [0.05, 0.1) is 17.4 Å². The second-order valence-electron chi connectivity index (χ2n) is 6.18. The van der Waals surface area contributed by atoms with E-state index in [0.29, 0.717) is 28.1 Å². The Morgan fingerprint density at radius 1 is 1.20 bits per heavy atom. The van der Waals surface area contributed by atoms with Gasteiger partial charge >= 0.3 is 0 Å². The first-order valence-electron chi connectivity index (χ1n) is 8.86. The SMILES string of the molecule is Cn1c(SCC(=O)Nc2cccc(C#N)c2)nnc1-c1nc(-c2ccccc2)no1. The molecule has 0 saturated heterocycles. The molecule has 148 valence electrons. The second-order valence-corrected chi connectivity index (χ2v) is 7.13. The van der Waals surface area contributed by atoms with Crippen LogP contribution in [0.25, 0.3) is 23.1 Å². The third-order valence-electron chi connectivity index (χ3n) is 4.09. The van der Waals surface area contributed by atoms with Crippen molar-refractivity contribution in [2.75, 3.05) is 11.1 Å². The number of benzene rings is 2. The third kappa shape index (κ3) is 4.21. The molecule has 0 radical (unpaired) electrons. The molecule has 2 heterocycles. The molecule has 2 aromatic heterocycles. The lowest BCUT2D eigenvalue weighted by Gasteiger charge is -2.05. The molecule has 30 heavy (non-hydrogen) atoms. The maximum Gasteiger partial charge on any atom is 0.296 e. The fourth-order valence-electron chi connectivity index (χ4n) is 2.64. The number of nitrogens with zero attached hydrogens (tertiary/aromatic N) is 6. The lowest BCUT2D eigenvalue weighted by molar-refractivity contribution is -0.113. The summed E-state index contributed by atoms with van der Waals surface area (Å²) >= 11 is 1.23. The molecule has 0 aliphatic heterocycles. The third-order valence-corrected chi connectivity index (χ3v) is 5.11. The molecule has 0 bridgehead atoms. The first kappa shape index (κ1) is 19.4. The zero-order chi connectivity index (χ0) is 20.9.